The van der Waals surface area contributed by atoms with Crippen molar-refractivity contribution in [3.63, 3.8) is 0 Å². The maximum atomic E-state index is 10.9. The summed E-state index contributed by atoms with van der Waals surface area (Å²) in [6.45, 7) is 4.99. The Bertz CT molecular complexity index is 182. The summed E-state index contributed by atoms with van der Waals surface area (Å²) in [5.74, 6) is -2.09. The van der Waals surface area contributed by atoms with Gasteiger partial charge in [-0.3, -0.25) is 4.79 Å². The van der Waals surface area contributed by atoms with Gasteiger partial charge in [-0.05, 0) is 20.8 Å². The largest absolute Gasteiger partial charge is 0.459 e. The zero-order valence-electron chi connectivity index (χ0n) is 7.37. The average molecular weight is 172 g/mol. The molecular formula is C8H12O4. The van der Waals surface area contributed by atoms with Gasteiger partial charge in [-0.25, -0.2) is 0 Å². The molecule has 0 aliphatic rings. The van der Waals surface area contributed by atoms with Crippen molar-refractivity contribution in [2.75, 3.05) is 0 Å². The first-order chi connectivity index (χ1) is 5.40. The number of aldehydes is 2. The second kappa shape index (κ2) is 3.99. The fourth-order valence-electron chi connectivity index (χ4n) is 0.513. The number of esters is 1. The highest BCUT2D eigenvalue weighted by Gasteiger charge is 2.23. The molecule has 0 aromatic heterocycles. The van der Waals surface area contributed by atoms with Gasteiger partial charge in [0.1, 0.15) is 18.2 Å². The van der Waals surface area contributed by atoms with Gasteiger partial charge in [0.15, 0.2) is 5.92 Å². The van der Waals surface area contributed by atoms with Crippen LogP contribution in [0.4, 0.5) is 0 Å². The average Bonchev–Trinajstić information content (AvgIpc) is 1.85. The quantitative estimate of drug-likeness (QED) is 0.350. The Morgan fingerprint density at radius 2 is 1.67 bits per heavy atom. The SMILES string of the molecule is CC(C)(C)OC(=O)C(C=O)C=O. The summed E-state index contributed by atoms with van der Waals surface area (Å²) >= 11 is 0. The highest BCUT2D eigenvalue weighted by atomic mass is 16.6. The summed E-state index contributed by atoms with van der Waals surface area (Å²) in [6, 6.07) is 0. The van der Waals surface area contributed by atoms with Gasteiger partial charge in [-0.2, -0.15) is 0 Å². The molecule has 4 heteroatoms. The van der Waals surface area contributed by atoms with E-state index in [-0.39, 0.29) is 12.6 Å². The first-order valence-corrected chi connectivity index (χ1v) is 3.54. The van der Waals surface area contributed by atoms with Crippen molar-refractivity contribution in [3.05, 3.63) is 0 Å². The normalized spacial score (nSPS) is 11.0. The Morgan fingerprint density at radius 1 is 1.25 bits per heavy atom. The summed E-state index contributed by atoms with van der Waals surface area (Å²) < 4.78 is 4.78. The minimum Gasteiger partial charge on any atom is -0.459 e. The number of hydrogen-bond acceptors (Lipinski definition) is 4. The van der Waals surface area contributed by atoms with Crippen LogP contribution >= 0.6 is 0 Å². The summed E-state index contributed by atoms with van der Waals surface area (Å²) in [4.78, 5) is 31.2. The van der Waals surface area contributed by atoms with Crippen LogP contribution in [0.5, 0.6) is 0 Å². The van der Waals surface area contributed by atoms with Gasteiger partial charge in [0, 0.05) is 0 Å². The first kappa shape index (κ1) is 10.8. The van der Waals surface area contributed by atoms with E-state index < -0.39 is 17.5 Å². The molecular weight excluding hydrogens is 160 g/mol. The van der Waals surface area contributed by atoms with Crippen molar-refractivity contribution in [3.8, 4) is 0 Å². The van der Waals surface area contributed by atoms with Crippen LogP contribution in [0.2, 0.25) is 0 Å². The second-order valence-corrected chi connectivity index (χ2v) is 3.33. The summed E-state index contributed by atoms with van der Waals surface area (Å²) in [6.07, 6.45) is 0.530. The zero-order chi connectivity index (χ0) is 9.78. The van der Waals surface area contributed by atoms with Gasteiger partial charge >= 0.3 is 5.97 Å². The van der Waals surface area contributed by atoms with E-state index in [2.05, 4.69) is 0 Å². The van der Waals surface area contributed by atoms with Gasteiger partial charge in [0.25, 0.3) is 0 Å². The Hall–Kier alpha value is -1.19. The van der Waals surface area contributed by atoms with E-state index in [0.717, 1.165) is 0 Å². The van der Waals surface area contributed by atoms with E-state index in [9.17, 15) is 14.4 Å². The topological polar surface area (TPSA) is 60.4 Å². The van der Waals surface area contributed by atoms with Crippen LogP contribution in [0.1, 0.15) is 20.8 Å². The molecule has 0 atom stereocenters. The van der Waals surface area contributed by atoms with Crippen LogP contribution < -0.4 is 0 Å². The Morgan fingerprint density at radius 3 is 1.92 bits per heavy atom. The molecule has 0 aliphatic carbocycles. The molecule has 0 saturated carbocycles. The van der Waals surface area contributed by atoms with Crippen LogP contribution in [-0.2, 0) is 19.1 Å². The summed E-state index contributed by atoms with van der Waals surface area (Å²) in [5.41, 5.74) is -0.665. The first-order valence-electron chi connectivity index (χ1n) is 3.54. The highest BCUT2D eigenvalue weighted by Crippen LogP contribution is 2.09. The molecule has 12 heavy (non-hydrogen) atoms. The minimum atomic E-state index is -1.29. The predicted octanol–water partition coefficient (Wildman–Crippen LogP) is 0.342. The molecule has 0 aromatic carbocycles. The van der Waals surface area contributed by atoms with Gasteiger partial charge < -0.3 is 14.3 Å². The van der Waals surface area contributed by atoms with Crippen molar-refractivity contribution < 1.29 is 19.1 Å². The lowest BCUT2D eigenvalue weighted by atomic mass is 10.1. The lowest BCUT2D eigenvalue weighted by Crippen LogP contribution is -2.30. The van der Waals surface area contributed by atoms with E-state index in [1.165, 1.54) is 0 Å². The van der Waals surface area contributed by atoms with Crippen molar-refractivity contribution in [1.29, 1.82) is 0 Å². The van der Waals surface area contributed by atoms with Gasteiger partial charge in [-0.15, -0.1) is 0 Å². The molecule has 68 valence electrons. The molecule has 0 aliphatic heterocycles. The molecule has 0 saturated heterocycles. The number of hydrogen-bond donors (Lipinski definition) is 0. The molecule has 0 aromatic rings. The van der Waals surface area contributed by atoms with E-state index >= 15 is 0 Å². The van der Waals surface area contributed by atoms with Crippen molar-refractivity contribution in [2.24, 2.45) is 5.92 Å². The zero-order valence-corrected chi connectivity index (χ0v) is 7.37. The van der Waals surface area contributed by atoms with Crippen LogP contribution in [0, 0.1) is 5.92 Å². The third kappa shape index (κ3) is 3.85. The number of ether oxygens (including phenoxy) is 1. The van der Waals surface area contributed by atoms with Crippen LogP contribution in [-0.4, -0.2) is 24.1 Å². The van der Waals surface area contributed by atoms with Gasteiger partial charge in [0.05, 0.1) is 0 Å². The van der Waals surface area contributed by atoms with E-state index in [4.69, 9.17) is 4.74 Å². The monoisotopic (exact) mass is 172 g/mol. The molecule has 0 bridgehead atoms. The number of carbonyl (C=O) groups excluding carboxylic acids is 3. The third-order valence-electron chi connectivity index (χ3n) is 0.972. The predicted molar refractivity (Wildman–Crippen MR) is 41.5 cm³/mol. The van der Waals surface area contributed by atoms with E-state index in [1.54, 1.807) is 20.8 Å². The Labute approximate surface area is 70.9 Å². The maximum Gasteiger partial charge on any atom is 0.324 e. The molecule has 0 fully saturated rings. The van der Waals surface area contributed by atoms with E-state index in [0.29, 0.717) is 0 Å². The van der Waals surface area contributed by atoms with Crippen molar-refractivity contribution >= 4 is 18.5 Å². The Kier molecular flexibility index (Phi) is 3.60. The number of rotatable bonds is 3. The molecule has 4 nitrogen and oxygen atoms in total. The summed E-state index contributed by atoms with van der Waals surface area (Å²) in [5, 5.41) is 0. The van der Waals surface area contributed by atoms with Gasteiger partial charge in [0.2, 0.25) is 0 Å². The summed E-state index contributed by atoms with van der Waals surface area (Å²) in [7, 11) is 0. The number of carbonyl (C=O) groups is 3. The van der Waals surface area contributed by atoms with Gasteiger partial charge in [-0.1, -0.05) is 0 Å². The maximum absolute atomic E-state index is 10.9. The molecule has 0 radical (unpaired) electrons. The molecule has 0 heterocycles. The smallest absolute Gasteiger partial charge is 0.324 e. The fourth-order valence-corrected chi connectivity index (χ4v) is 0.513. The Balaban J connectivity index is 4.20. The van der Waals surface area contributed by atoms with Crippen LogP contribution in [0.25, 0.3) is 0 Å². The molecule has 0 N–H and O–H groups in total. The van der Waals surface area contributed by atoms with Crippen molar-refractivity contribution in [1.82, 2.24) is 0 Å². The highest BCUT2D eigenvalue weighted by molar-refractivity contribution is 6.02. The lowest BCUT2D eigenvalue weighted by molar-refractivity contribution is -0.160. The minimum absolute atomic E-state index is 0.265. The molecule has 0 rings (SSSR count). The fraction of sp³-hybridized carbons (Fsp3) is 0.625. The third-order valence-corrected chi connectivity index (χ3v) is 0.972. The van der Waals surface area contributed by atoms with Crippen LogP contribution in [0.3, 0.4) is 0 Å². The van der Waals surface area contributed by atoms with Crippen LogP contribution in [0.15, 0.2) is 0 Å². The van der Waals surface area contributed by atoms with E-state index in [1.807, 2.05) is 0 Å². The molecule has 0 amide bonds. The standard InChI is InChI=1S/C8H12O4/c1-8(2,3)12-7(11)6(4-9)5-10/h4-6H,1-3H3. The molecule has 0 spiro atoms. The lowest BCUT2D eigenvalue weighted by Gasteiger charge is -2.19. The second-order valence-electron chi connectivity index (χ2n) is 3.33. The van der Waals surface area contributed by atoms with Crippen molar-refractivity contribution in [2.45, 2.75) is 26.4 Å². The molecule has 0 unspecified atom stereocenters.